The van der Waals surface area contributed by atoms with E-state index in [0.717, 1.165) is 11.1 Å². The van der Waals surface area contributed by atoms with Crippen LogP contribution in [0.2, 0.25) is 0 Å². The van der Waals surface area contributed by atoms with Gasteiger partial charge in [-0.1, -0.05) is 24.3 Å². The molecule has 0 fully saturated rings. The number of amides is 2. The molecule has 0 saturated carbocycles. The highest BCUT2D eigenvalue weighted by Gasteiger charge is 2.21. The van der Waals surface area contributed by atoms with Crippen LogP contribution >= 0.6 is 0 Å². The van der Waals surface area contributed by atoms with E-state index in [-0.39, 0.29) is 6.09 Å². The summed E-state index contributed by atoms with van der Waals surface area (Å²) in [4.78, 5) is 24.5. The summed E-state index contributed by atoms with van der Waals surface area (Å²) in [6, 6.07) is 7.47. The maximum absolute atomic E-state index is 12.2. The molecule has 0 unspecified atom stereocenters. The molecule has 6 nitrogen and oxygen atoms in total. The van der Waals surface area contributed by atoms with Crippen molar-refractivity contribution in [2.24, 2.45) is 11.5 Å². The lowest BCUT2D eigenvalue weighted by Crippen LogP contribution is -2.39. The van der Waals surface area contributed by atoms with E-state index in [1.165, 1.54) is 6.08 Å². The highest BCUT2D eigenvalue weighted by Crippen LogP contribution is 2.13. The number of nitrogens with zero attached hydrogens (tertiary/aromatic N) is 1. The summed E-state index contributed by atoms with van der Waals surface area (Å²) in [5, 5.41) is 0. The van der Waals surface area contributed by atoms with Gasteiger partial charge in [0.15, 0.2) is 0 Å². The Morgan fingerprint density at radius 2 is 1.83 bits per heavy atom. The number of carbonyl (C=O) groups is 2. The Morgan fingerprint density at radius 1 is 1.22 bits per heavy atom. The molecule has 0 atom stereocenters. The molecule has 0 spiro atoms. The topological polar surface area (TPSA) is 98.7 Å². The number of primary amides is 1. The first-order valence-electron chi connectivity index (χ1n) is 7.46. The number of benzene rings is 1. The lowest BCUT2D eigenvalue weighted by molar-refractivity contribution is -0.113. The molecule has 0 bridgehead atoms. The lowest BCUT2D eigenvalue weighted by atomic mass is 10.1. The number of hydrogen-bond acceptors (Lipinski definition) is 4. The van der Waals surface area contributed by atoms with E-state index in [9.17, 15) is 9.59 Å². The Morgan fingerprint density at radius 3 is 2.30 bits per heavy atom. The van der Waals surface area contributed by atoms with Gasteiger partial charge in [-0.25, -0.2) is 4.79 Å². The smallest absolute Gasteiger partial charge is 0.410 e. The van der Waals surface area contributed by atoms with Crippen molar-refractivity contribution in [2.45, 2.75) is 32.9 Å². The summed E-state index contributed by atoms with van der Waals surface area (Å²) >= 11 is 0. The maximum atomic E-state index is 12.2. The van der Waals surface area contributed by atoms with E-state index >= 15 is 0 Å². The highest BCUT2D eigenvalue weighted by molar-refractivity contribution is 5.90. The Balaban J connectivity index is 2.76. The minimum absolute atomic E-state index is 0.360. The Bertz CT molecular complexity index is 559. The van der Waals surface area contributed by atoms with Crippen molar-refractivity contribution in [3.05, 3.63) is 41.5 Å². The summed E-state index contributed by atoms with van der Waals surface area (Å²) in [6.07, 6.45) is 2.55. The van der Waals surface area contributed by atoms with Crippen LogP contribution in [-0.2, 0) is 16.1 Å². The Labute approximate surface area is 137 Å². The third-order valence-electron chi connectivity index (χ3n) is 2.84. The van der Waals surface area contributed by atoms with Crippen LogP contribution in [-0.4, -0.2) is 35.6 Å². The summed E-state index contributed by atoms with van der Waals surface area (Å²) in [5.41, 5.74) is 11.9. The molecule has 0 aliphatic carbocycles. The monoisotopic (exact) mass is 319 g/mol. The van der Waals surface area contributed by atoms with Crippen LogP contribution in [0.4, 0.5) is 4.79 Å². The second-order valence-corrected chi connectivity index (χ2v) is 6.17. The molecule has 126 valence electrons. The normalized spacial score (nSPS) is 11.5. The van der Waals surface area contributed by atoms with Crippen LogP contribution < -0.4 is 11.5 Å². The van der Waals surface area contributed by atoms with Crippen molar-refractivity contribution in [1.82, 2.24) is 4.90 Å². The molecule has 0 aliphatic rings. The van der Waals surface area contributed by atoms with Crippen molar-refractivity contribution < 1.29 is 14.3 Å². The zero-order valence-corrected chi connectivity index (χ0v) is 13.9. The minimum atomic E-state index is -0.548. The number of hydrogen-bond donors (Lipinski definition) is 2. The standard InChI is InChI=1S/C17H25N3O3/c1-17(2,3)23-16(22)20(11-10-18)12-14-6-4-13(5-7-14)8-9-15(19)21/h4-9H,10-12,18H2,1-3H3,(H2,19,21)/b9-8+. The van der Waals surface area contributed by atoms with Gasteiger partial charge < -0.3 is 21.1 Å². The van der Waals surface area contributed by atoms with Gasteiger partial charge >= 0.3 is 6.09 Å². The zero-order valence-electron chi connectivity index (χ0n) is 13.9. The van der Waals surface area contributed by atoms with E-state index in [4.69, 9.17) is 16.2 Å². The van der Waals surface area contributed by atoms with Crippen LogP contribution in [0.1, 0.15) is 31.9 Å². The second-order valence-electron chi connectivity index (χ2n) is 6.17. The van der Waals surface area contributed by atoms with Crippen molar-refractivity contribution in [3.8, 4) is 0 Å². The zero-order chi connectivity index (χ0) is 17.5. The second kappa shape index (κ2) is 8.33. The average Bonchev–Trinajstić information content (AvgIpc) is 2.44. The van der Waals surface area contributed by atoms with E-state index in [1.807, 2.05) is 45.0 Å². The van der Waals surface area contributed by atoms with Crippen molar-refractivity contribution >= 4 is 18.1 Å². The van der Waals surface area contributed by atoms with Crippen molar-refractivity contribution in [3.63, 3.8) is 0 Å². The molecule has 0 aromatic heterocycles. The molecule has 0 saturated heterocycles. The molecule has 6 heteroatoms. The SMILES string of the molecule is CC(C)(C)OC(=O)N(CCN)Cc1ccc(/C=C/C(N)=O)cc1. The maximum Gasteiger partial charge on any atom is 0.410 e. The molecular formula is C17H25N3O3. The van der Waals surface area contributed by atoms with Gasteiger partial charge in [-0.3, -0.25) is 4.79 Å². The molecule has 0 radical (unpaired) electrons. The van der Waals surface area contributed by atoms with Crippen LogP contribution in [0.25, 0.3) is 6.08 Å². The molecule has 2 amide bonds. The molecular weight excluding hydrogens is 294 g/mol. The molecule has 1 aromatic rings. The van der Waals surface area contributed by atoms with Crippen LogP contribution in [0.3, 0.4) is 0 Å². The van der Waals surface area contributed by atoms with Crippen LogP contribution in [0, 0.1) is 0 Å². The highest BCUT2D eigenvalue weighted by atomic mass is 16.6. The van der Waals surface area contributed by atoms with Crippen molar-refractivity contribution in [1.29, 1.82) is 0 Å². The third-order valence-corrected chi connectivity index (χ3v) is 2.84. The molecule has 0 aliphatic heterocycles. The first-order valence-corrected chi connectivity index (χ1v) is 7.46. The largest absolute Gasteiger partial charge is 0.444 e. The molecule has 23 heavy (non-hydrogen) atoms. The molecule has 1 aromatic carbocycles. The van der Waals surface area contributed by atoms with E-state index in [2.05, 4.69) is 0 Å². The summed E-state index contributed by atoms with van der Waals surface area (Å²) in [7, 11) is 0. The fraction of sp³-hybridized carbons (Fsp3) is 0.412. The number of nitrogens with two attached hydrogens (primary N) is 2. The van der Waals surface area contributed by atoms with Gasteiger partial charge in [0.2, 0.25) is 5.91 Å². The molecule has 4 N–H and O–H groups in total. The van der Waals surface area contributed by atoms with Gasteiger partial charge in [-0.2, -0.15) is 0 Å². The number of carbonyl (C=O) groups excluding carboxylic acids is 2. The fourth-order valence-electron chi connectivity index (χ4n) is 1.85. The number of ether oxygens (including phenoxy) is 1. The first-order chi connectivity index (χ1) is 10.7. The first kappa shape index (κ1) is 18.7. The van der Waals surface area contributed by atoms with Crippen LogP contribution in [0.5, 0.6) is 0 Å². The van der Waals surface area contributed by atoms with Gasteiger partial charge in [-0.15, -0.1) is 0 Å². The van der Waals surface area contributed by atoms with Gasteiger partial charge in [0.1, 0.15) is 5.60 Å². The summed E-state index contributed by atoms with van der Waals surface area (Å²) in [6.45, 7) is 6.66. The van der Waals surface area contributed by atoms with E-state index < -0.39 is 11.5 Å². The predicted molar refractivity (Wildman–Crippen MR) is 90.4 cm³/mol. The molecule has 1 rings (SSSR count). The predicted octanol–water partition coefficient (Wildman–Crippen LogP) is 1.88. The quantitative estimate of drug-likeness (QED) is 0.782. The minimum Gasteiger partial charge on any atom is -0.444 e. The van der Waals surface area contributed by atoms with Gasteiger partial charge in [0.25, 0.3) is 0 Å². The van der Waals surface area contributed by atoms with Crippen molar-refractivity contribution in [2.75, 3.05) is 13.1 Å². The number of rotatable bonds is 6. The van der Waals surface area contributed by atoms with E-state index in [1.54, 1.807) is 11.0 Å². The Hall–Kier alpha value is -2.34. The van der Waals surface area contributed by atoms with E-state index in [0.29, 0.717) is 19.6 Å². The third kappa shape index (κ3) is 7.46. The van der Waals surface area contributed by atoms with Gasteiger partial charge in [-0.05, 0) is 38.0 Å². The summed E-state index contributed by atoms with van der Waals surface area (Å²) < 4.78 is 5.38. The Kier molecular flexibility index (Phi) is 6.78. The fourth-order valence-corrected chi connectivity index (χ4v) is 1.85. The van der Waals surface area contributed by atoms with Gasteiger partial charge in [0.05, 0.1) is 0 Å². The van der Waals surface area contributed by atoms with Crippen LogP contribution in [0.15, 0.2) is 30.3 Å². The summed E-state index contributed by atoms with van der Waals surface area (Å²) in [5.74, 6) is -0.492. The van der Waals surface area contributed by atoms with Gasteiger partial charge in [0, 0.05) is 25.7 Å². The molecule has 0 heterocycles. The lowest BCUT2D eigenvalue weighted by Gasteiger charge is -2.27. The average molecular weight is 319 g/mol.